The molecule has 4 rings (SSSR count). The number of amides is 1. The summed E-state index contributed by atoms with van der Waals surface area (Å²) in [7, 11) is 0. The van der Waals surface area contributed by atoms with Gasteiger partial charge in [-0.2, -0.15) is 0 Å². The van der Waals surface area contributed by atoms with E-state index in [1.54, 1.807) is 0 Å². The first kappa shape index (κ1) is 15.8. The van der Waals surface area contributed by atoms with Gasteiger partial charge in [0.25, 0.3) is 5.91 Å². The second kappa shape index (κ2) is 6.65. The standard InChI is InChI=1S/C19H23N3OS/c20-15-9-13-7-4-8-14(10-15)17(13)22-18(23)16-11-24-19(21-16)12-5-2-1-3-6-12/h1-3,5-6,11,13-15,17H,4,7-10,20H2,(H,22,23). The first-order chi connectivity index (χ1) is 11.7. The quantitative estimate of drug-likeness (QED) is 0.898. The highest BCUT2D eigenvalue weighted by Gasteiger charge is 2.40. The monoisotopic (exact) mass is 341 g/mol. The van der Waals surface area contributed by atoms with Crippen molar-refractivity contribution < 1.29 is 4.79 Å². The average Bonchev–Trinajstić information content (AvgIpc) is 3.07. The molecule has 0 aliphatic heterocycles. The van der Waals surface area contributed by atoms with Crippen LogP contribution in [0.1, 0.15) is 42.6 Å². The number of aromatic nitrogens is 1. The number of rotatable bonds is 3. The number of benzene rings is 1. The average molecular weight is 341 g/mol. The Balaban J connectivity index is 1.48. The van der Waals surface area contributed by atoms with Crippen molar-refractivity contribution in [3.05, 3.63) is 41.4 Å². The SMILES string of the molecule is NC1CC2CCCC(C1)C2NC(=O)c1csc(-c2ccccc2)n1. The Kier molecular flexibility index (Phi) is 4.37. The molecular weight excluding hydrogens is 318 g/mol. The smallest absolute Gasteiger partial charge is 0.271 e. The molecule has 2 atom stereocenters. The molecule has 2 bridgehead atoms. The van der Waals surface area contributed by atoms with Crippen LogP contribution in [0, 0.1) is 11.8 Å². The molecule has 2 aliphatic rings. The number of carbonyl (C=O) groups is 1. The van der Waals surface area contributed by atoms with Crippen LogP contribution in [0.15, 0.2) is 35.7 Å². The molecule has 1 heterocycles. The predicted molar refractivity (Wildman–Crippen MR) is 96.8 cm³/mol. The van der Waals surface area contributed by atoms with E-state index >= 15 is 0 Å². The fourth-order valence-electron chi connectivity index (χ4n) is 4.34. The van der Waals surface area contributed by atoms with Crippen LogP contribution in [0.4, 0.5) is 0 Å². The summed E-state index contributed by atoms with van der Waals surface area (Å²) in [5, 5.41) is 6.03. The van der Waals surface area contributed by atoms with Gasteiger partial charge in [0.15, 0.2) is 0 Å². The molecule has 1 aromatic carbocycles. The van der Waals surface area contributed by atoms with Crippen LogP contribution in [0.3, 0.4) is 0 Å². The fraction of sp³-hybridized carbons (Fsp3) is 0.474. The first-order valence-electron chi connectivity index (χ1n) is 8.78. The molecule has 2 unspecified atom stereocenters. The van der Waals surface area contributed by atoms with Crippen molar-refractivity contribution in [2.24, 2.45) is 17.6 Å². The first-order valence-corrected chi connectivity index (χ1v) is 9.66. The van der Waals surface area contributed by atoms with Gasteiger partial charge in [-0.05, 0) is 37.5 Å². The van der Waals surface area contributed by atoms with Gasteiger partial charge in [0.1, 0.15) is 10.7 Å². The van der Waals surface area contributed by atoms with Crippen LogP contribution < -0.4 is 11.1 Å². The van der Waals surface area contributed by atoms with Crippen LogP contribution in [0.5, 0.6) is 0 Å². The van der Waals surface area contributed by atoms with Gasteiger partial charge in [0, 0.05) is 23.0 Å². The minimum Gasteiger partial charge on any atom is -0.347 e. The molecule has 1 amide bonds. The minimum atomic E-state index is -0.0363. The second-order valence-electron chi connectivity index (χ2n) is 7.09. The molecule has 0 radical (unpaired) electrons. The van der Waals surface area contributed by atoms with Gasteiger partial charge in [-0.1, -0.05) is 36.8 Å². The number of nitrogens with zero attached hydrogens (tertiary/aromatic N) is 1. The van der Waals surface area contributed by atoms with E-state index in [0.29, 0.717) is 23.6 Å². The summed E-state index contributed by atoms with van der Waals surface area (Å²) in [5.74, 6) is 1.03. The fourth-order valence-corrected chi connectivity index (χ4v) is 5.15. The third-order valence-corrected chi connectivity index (χ3v) is 6.32. The maximum atomic E-state index is 12.7. The van der Waals surface area contributed by atoms with Crippen LogP contribution in [0.25, 0.3) is 10.6 Å². The van der Waals surface area contributed by atoms with Crippen molar-refractivity contribution in [2.75, 3.05) is 0 Å². The Morgan fingerprint density at radius 3 is 2.58 bits per heavy atom. The van der Waals surface area contributed by atoms with E-state index < -0.39 is 0 Å². The molecule has 3 N–H and O–H groups in total. The zero-order valence-electron chi connectivity index (χ0n) is 13.7. The van der Waals surface area contributed by atoms with Gasteiger partial charge in [-0.15, -0.1) is 11.3 Å². The van der Waals surface area contributed by atoms with Crippen LogP contribution in [0.2, 0.25) is 0 Å². The molecular formula is C19H23N3OS. The lowest BCUT2D eigenvalue weighted by molar-refractivity contribution is 0.0752. The molecule has 2 aromatic rings. The highest BCUT2D eigenvalue weighted by Crippen LogP contribution is 2.39. The highest BCUT2D eigenvalue weighted by atomic mass is 32.1. The molecule has 2 fully saturated rings. The second-order valence-corrected chi connectivity index (χ2v) is 7.94. The number of carbonyl (C=O) groups excluding carboxylic acids is 1. The Hall–Kier alpha value is -1.72. The van der Waals surface area contributed by atoms with E-state index in [-0.39, 0.29) is 11.9 Å². The summed E-state index contributed by atoms with van der Waals surface area (Å²) in [6.45, 7) is 0. The van der Waals surface area contributed by atoms with Gasteiger partial charge in [0.05, 0.1) is 0 Å². The van der Waals surface area contributed by atoms with Crippen LogP contribution in [-0.2, 0) is 0 Å². The van der Waals surface area contributed by atoms with Gasteiger partial charge < -0.3 is 11.1 Å². The summed E-state index contributed by atoms with van der Waals surface area (Å²) >= 11 is 1.52. The van der Waals surface area contributed by atoms with Crippen LogP contribution in [-0.4, -0.2) is 23.0 Å². The Morgan fingerprint density at radius 1 is 1.17 bits per heavy atom. The maximum absolute atomic E-state index is 12.7. The molecule has 1 aromatic heterocycles. The van der Waals surface area contributed by atoms with E-state index in [1.165, 1.54) is 30.6 Å². The molecule has 126 valence electrons. The largest absolute Gasteiger partial charge is 0.347 e. The molecule has 4 nitrogen and oxygen atoms in total. The summed E-state index contributed by atoms with van der Waals surface area (Å²) in [4.78, 5) is 17.2. The van der Waals surface area contributed by atoms with Crippen LogP contribution >= 0.6 is 11.3 Å². The van der Waals surface area contributed by atoms with Crippen molar-refractivity contribution in [3.8, 4) is 10.6 Å². The van der Waals surface area contributed by atoms with Gasteiger partial charge in [-0.3, -0.25) is 4.79 Å². The van der Waals surface area contributed by atoms with E-state index in [1.807, 2.05) is 35.7 Å². The molecule has 5 heteroatoms. The molecule has 2 aliphatic carbocycles. The number of nitrogens with two attached hydrogens (primary N) is 1. The van der Waals surface area contributed by atoms with Crippen molar-refractivity contribution >= 4 is 17.2 Å². The number of nitrogens with one attached hydrogen (secondary N) is 1. The topological polar surface area (TPSA) is 68.0 Å². The predicted octanol–water partition coefficient (Wildman–Crippen LogP) is 3.45. The van der Waals surface area contributed by atoms with Gasteiger partial charge in [0.2, 0.25) is 0 Å². The zero-order chi connectivity index (χ0) is 16.5. The van der Waals surface area contributed by atoms with Crippen molar-refractivity contribution in [1.82, 2.24) is 10.3 Å². The number of fused-ring (bicyclic) bond motifs is 2. The summed E-state index contributed by atoms with van der Waals surface area (Å²) in [5.41, 5.74) is 7.77. The Labute approximate surface area is 146 Å². The van der Waals surface area contributed by atoms with Crippen molar-refractivity contribution in [3.63, 3.8) is 0 Å². The van der Waals surface area contributed by atoms with E-state index in [9.17, 15) is 4.79 Å². The lowest BCUT2D eigenvalue weighted by Crippen LogP contribution is -2.53. The van der Waals surface area contributed by atoms with Gasteiger partial charge in [-0.25, -0.2) is 4.98 Å². The zero-order valence-corrected chi connectivity index (χ0v) is 14.5. The third-order valence-electron chi connectivity index (χ3n) is 5.43. The molecule has 0 spiro atoms. The summed E-state index contributed by atoms with van der Waals surface area (Å²) in [6.07, 6.45) is 5.70. The van der Waals surface area contributed by atoms with E-state index in [0.717, 1.165) is 23.4 Å². The lowest BCUT2D eigenvalue weighted by Gasteiger charge is -2.45. The van der Waals surface area contributed by atoms with Gasteiger partial charge >= 0.3 is 0 Å². The number of hydrogen-bond acceptors (Lipinski definition) is 4. The van der Waals surface area contributed by atoms with Crippen molar-refractivity contribution in [2.45, 2.75) is 44.2 Å². The summed E-state index contributed by atoms with van der Waals surface area (Å²) < 4.78 is 0. The molecule has 24 heavy (non-hydrogen) atoms. The normalized spacial score (nSPS) is 29.2. The number of hydrogen-bond donors (Lipinski definition) is 2. The molecule has 2 saturated carbocycles. The molecule has 0 saturated heterocycles. The third kappa shape index (κ3) is 3.10. The van der Waals surface area contributed by atoms with E-state index in [4.69, 9.17) is 5.73 Å². The van der Waals surface area contributed by atoms with E-state index in [2.05, 4.69) is 10.3 Å². The van der Waals surface area contributed by atoms with Crippen molar-refractivity contribution in [1.29, 1.82) is 0 Å². The number of thiazole rings is 1. The minimum absolute atomic E-state index is 0.0363. The lowest BCUT2D eigenvalue weighted by atomic mass is 9.67. The Bertz CT molecular complexity index is 700. The maximum Gasteiger partial charge on any atom is 0.271 e. The highest BCUT2D eigenvalue weighted by molar-refractivity contribution is 7.13. The Morgan fingerprint density at radius 2 is 1.88 bits per heavy atom. The summed E-state index contributed by atoms with van der Waals surface area (Å²) in [6, 6.07) is 10.6.